The van der Waals surface area contributed by atoms with Crippen molar-refractivity contribution >= 4 is 49.8 Å². The minimum atomic E-state index is -0.421. The van der Waals surface area contributed by atoms with Crippen LogP contribution in [0.1, 0.15) is 22.3 Å². The van der Waals surface area contributed by atoms with E-state index in [1.54, 1.807) is 0 Å². The summed E-state index contributed by atoms with van der Waals surface area (Å²) in [6, 6.07) is 64.1. The van der Waals surface area contributed by atoms with Crippen molar-refractivity contribution in [2.75, 3.05) is 4.90 Å². The first-order valence-electron chi connectivity index (χ1n) is 16.9. The molecule has 1 aromatic heterocycles. The topological polar surface area (TPSA) is 16.4 Å². The zero-order chi connectivity index (χ0) is 32.1. The van der Waals surface area contributed by atoms with Gasteiger partial charge >= 0.3 is 0 Å². The lowest BCUT2D eigenvalue weighted by atomic mass is 9.70. The van der Waals surface area contributed by atoms with Crippen molar-refractivity contribution in [2.45, 2.75) is 5.41 Å². The van der Waals surface area contributed by atoms with Crippen molar-refractivity contribution in [3.8, 4) is 22.3 Å². The summed E-state index contributed by atoms with van der Waals surface area (Å²) < 4.78 is 6.85. The molecule has 2 aliphatic carbocycles. The van der Waals surface area contributed by atoms with Gasteiger partial charge in [-0.3, -0.25) is 0 Å². The number of fused-ring (bicyclic) bond motifs is 15. The van der Waals surface area contributed by atoms with Gasteiger partial charge in [0.15, 0.2) is 5.58 Å². The van der Waals surface area contributed by atoms with Crippen LogP contribution >= 0.6 is 0 Å². The first-order valence-corrected chi connectivity index (χ1v) is 16.9. The van der Waals surface area contributed by atoms with Crippen LogP contribution < -0.4 is 4.90 Å². The first-order chi connectivity index (χ1) is 24.3. The van der Waals surface area contributed by atoms with Gasteiger partial charge in [-0.05, 0) is 80.0 Å². The standard InChI is InChI=1S/C47H29NO/c1-2-16-31(17-3-1)48(42-29-30-15-4-5-18-32(30)44-36-22-9-13-28-43(36)49-46(42)44)41-27-14-26-40-45(41)35-21-8-12-25-39(35)47(40)37-23-10-6-19-33(37)34-20-7-11-24-38(34)47/h1-29H. The molecule has 1 spiro atoms. The van der Waals surface area contributed by atoms with Gasteiger partial charge < -0.3 is 9.32 Å². The molecule has 0 fully saturated rings. The van der Waals surface area contributed by atoms with Crippen molar-refractivity contribution in [2.24, 2.45) is 0 Å². The molecule has 0 aliphatic heterocycles. The van der Waals surface area contributed by atoms with Crippen LogP contribution in [0, 0.1) is 0 Å². The van der Waals surface area contributed by atoms with Crippen LogP contribution in [-0.2, 0) is 5.41 Å². The van der Waals surface area contributed by atoms with Gasteiger partial charge in [0.2, 0.25) is 0 Å². The van der Waals surface area contributed by atoms with E-state index in [4.69, 9.17) is 4.42 Å². The Kier molecular flexibility index (Phi) is 5.34. The molecule has 2 aliphatic rings. The van der Waals surface area contributed by atoms with E-state index in [-0.39, 0.29) is 0 Å². The van der Waals surface area contributed by atoms with Gasteiger partial charge in [0.1, 0.15) is 5.58 Å². The number of para-hydroxylation sites is 2. The maximum atomic E-state index is 6.85. The Morgan fingerprint density at radius 2 is 1.00 bits per heavy atom. The van der Waals surface area contributed by atoms with Crippen LogP contribution in [0.3, 0.4) is 0 Å². The van der Waals surface area contributed by atoms with Crippen molar-refractivity contribution in [3.05, 3.63) is 198 Å². The maximum Gasteiger partial charge on any atom is 0.160 e. The molecule has 2 heteroatoms. The van der Waals surface area contributed by atoms with E-state index in [9.17, 15) is 0 Å². The fourth-order valence-corrected chi connectivity index (χ4v) is 9.02. The molecule has 0 atom stereocenters. The van der Waals surface area contributed by atoms with Crippen LogP contribution in [0.2, 0.25) is 0 Å². The molecule has 11 rings (SSSR count). The van der Waals surface area contributed by atoms with E-state index in [0.29, 0.717) is 0 Å². The minimum absolute atomic E-state index is 0.421. The average Bonchev–Trinajstić information content (AvgIpc) is 3.81. The number of rotatable bonds is 3. The fourth-order valence-electron chi connectivity index (χ4n) is 9.02. The minimum Gasteiger partial charge on any atom is -0.454 e. The Hall–Kier alpha value is -6.38. The van der Waals surface area contributed by atoms with Gasteiger partial charge in [-0.2, -0.15) is 0 Å². The highest BCUT2D eigenvalue weighted by molar-refractivity contribution is 6.23. The third kappa shape index (κ3) is 3.40. The Balaban J connectivity index is 1.29. The highest BCUT2D eigenvalue weighted by Gasteiger charge is 2.52. The largest absolute Gasteiger partial charge is 0.454 e. The van der Waals surface area contributed by atoms with Crippen LogP contribution in [0.15, 0.2) is 180 Å². The molecule has 0 saturated heterocycles. The van der Waals surface area contributed by atoms with Gasteiger partial charge in [-0.25, -0.2) is 0 Å². The number of hydrogen-bond acceptors (Lipinski definition) is 2. The smallest absolute Gasteiger partial charge is 0.160 e. The summed E-state index contributed by atoms with van der Waals surface area (Å²) in [5, 5.41) is 4.65. The summed E-state index contributed by atoms with van der Waals surface area (Å²) in [5.74, 6) is 0. The van der Waals surface area contributed by atoms with E-state index in [2.05, 4.69) is 181 Å². The molecule has 8 aromatic carbocycles. The normalized spacial score (nSPS) is 13.5. The molecule has 1 heterocycles. The van der Waals surface area contributed by atoms with Gasteiger partial charge in [0.05, 0.1) is 16.8 Å². The highest BCUT2D eigenvalue weighted by atomic mass is 16.3. The molecule has 2 nitrogen and oxygen atoms in total. The Labute approximate surface area is 284 Å². The number of nitrogens with zero attached hydrogens (tertiary/aromatic N) is 1. The van der Waals surface area contributed by atoms with Crippen molar-refractivity contribution in [3.63, 3.8) is 0 Å². The molecule has 49 heavy (non-hydrogen) atoms. The maximum absolute atomic E-state index is 6.85. The Bertz CT molecular complexity index is 2740. The SMILES string of the molecule is c1ccc(N(c2cccc3c2-c2ccccc2C32c3ccccc3-c3ccccc32)c2cc3ccccc3c3c2oc2ccccc23)cc1. The van der Waals surface area contributed by atoms with Crippen molar-refractivity contribution in [1.82, 2.24) is 0 Å². The Morgan fingerprint density at radius 3 is 1.76 bits per heavy atom. The molecular formula is C47H29NO. The lowest BCUT2D eigenvalue weighted by Crippen LogP contribution is -2.26. The predicted octanol–water partition coefficient (Wildman–Crippen LogP) is 12.6. The third-order valence-corrected chi connectivity index (χ3v) is 10.8. The second-order valence-electron chi connectivity index (χ2n) is 13.2. The number of hydrogen-bond donors (Lipinski definition) is 0. The van der Waals surface area contributed by atoms with Gasteiger partial charge in [0.25, 0.3) is 0 Å². The van der Waals surface area contributed by atoms with E-state index in [0.717, 1.165) is 39.0 Å². The summed E-state index contributed by atoms with van der Waals surface area (Å²) in [5.41, 5.74) is 15.1. The molecule has 0 amide bonds. The number of anilines is 3. The fraction of sp³-hybridized carbons (Fsp3) is 0.0213. The highest BCUT2D eigenvalue weighted by Crippen LogP contribution is 2.64. The zero-order valence-corrected chi connectivity index (χ0v) is 26.6. The second-order valence-corrected chi connectivity index (χ2v) is 13.2. The monoisotopic (exact) mass is 623 g/mol. The first kappa shape index (κ1) is 26.7. The van der Waals surface area contributed by atoms with Crippen LogP contribution in [0.4, 0.5) is 17.1 Å². The number of furan rings is 1. The lowest BCUT2D eigenvalue weighted by Gasteiger charge is -2.31. The molecular weight excluding hydrogens is 595 g/mol. The van der Waals surface area contributed by atoms with E-state index < -0.39 is 5.41 Å². The lowest BCUT2D eigenvalue weighted by molar-refractivity contribution is 0.669. The summed E-state index contributed by atoms with van der Waals surface area (Å²) in [6.07, 6.45) is 0. The van der Waals surface area contributed by atoms with Gasteiger partial charge in [0, 0.05) is 22.0 Å². The zero-order valence-electron chi connectivity index (χ0n) is 26.6. The summed E-state index contributed by atoms with van der Waals surface area (Å²) in [6.45, 7) is 0. The summed E-state index contributed by atoms with van der Waals surface area (Å²) in [4.78, 5) is 2.43. The van der Waals surface area contributed by atoms with Gasteiger partial charge in [-0.15, -0.1) is 0 Å². The van der Waals surface area contributed by atoms with Crippen molar-refractivity contribution < 1.29 is 4.42 Å². The predicted molar refractivity (Wildman–Crippen MR) is 202 cm³/mol. The summed E-state index contributed by atoms with van der Waals surface area (Å²) >= 11 is 0. The van der Waals surface area contributed by atoms with Gasteiger partial charge in [-0.1, -0.05) is 146 Å². The molecule has 0 bridgehead atoms. The molecule has 228 valence electrons. The molecule has 0 N–H and O–H groups in total. The summed E-state index contributed by atoms with van der Waals surface area (Å²) in [7, 11) is 0. The van der Waals surface area contributed by atoms with E-state index in [1.165, 1.54) is 55.3 Å². The number of benzene rings is 8. The third-order valence-electron chi connectivity index (χ3n) is 10.8. The van der Waals surface area contributed by atoms with E-state index >= 15 is 0 Å². The van der Waals surface area contributed by atoms with Crippen molar-refractivity contribution in [1.29, 1.82) is 0 Å². The van der Waals surface area contributed by atoms with Crippen LogP contribution in [-0.4, -0.2) is 0 Å². The Morgan fingerprint density at radius 1 is 0.429 bits per heavy atom. The average molecular weight is 624 g/mol. The molecule has 9 aromatic rings. The molecule has 0 unspecified atom stereocenters. The van der Waals surface area contributed by atoms with Crippen LogP contribution in [0.25, 0.3) is 55.0 Å². The van der Waals surface area contributed by atoms with E-state index in [1.807, 2.05) is 0 Å². The van der Waals surface area contributed by atoms with Crippen LogP contribution in [0.5, 0.6) is 0 Å². The molecule has 0 saturated carbocycles. The quantitative estimate of drug-likeness (QED) is 0.195. The molecule has 0 radical (unpaired) electrons. The second kappa shape index (κ2) is 9.82.